The molecule has 2 heteroatoms. The lowest BCUT2D eigenvalue weighted by molar-refractivity contribution is -0.141. The van der Waals surface area contributed by atoms with E-state index in [9.17, 15) is 4.79 Å². The molecule has 0 saturated heterocycles. The zero-order valence-electron chi connectivity index (χ0n) is 7.35. The van der Waals surface area contributed by atoms with E-state index < -0.39 is 5.97 Å². The quantitative estimate of drug-likeness (QED) is 0.650. The molecule has 0 spiro atoms. The summed E-state index contributed by atoms with van der Waals surface area (Å²) in [5.74, 6) is -0.887. The Morgan fingerprint density at radius 2 is 1.70 bits per heavy atom. The normalized spacial score (nSPS) is 11.2. The molecule has 0 aromatic heterocycles. The predicted octanol–water partition coefficient (Wildman–Crippen LogP) is 2.53. The molecule has 62 valence electrons. The number of carbonyl (C=O) groups is 1. The van der Waals surface area contributed by atoms with Crippen molar-refractivity contribution >= 4 is 5.97 Å². The van der Waals surface area contributed by atoms with Crippen LogP contribution in [0.1, 0.15) is 40.5 Å². The highest BCUT2D eigenvalue weighted by atomic mass is 16.4. The average Bonchev–Trinajstić information content (AvgIpc) is 1.88. The fraction of sp³-hybridized carbons (Fsp3) is 0.875. The van der Waals surface area contributed by atoms with Crippen molar-refractivity contribution in [3.8, 4) is 0 Å². The van der Waals surface area contributed by atoms with Crippen molar-refractivity contribution in [3.05, 3.63) is 0 Å². The summed E-state index contributed by atoms with van der Waals surface area (Å²) in [6.45, 7) is 7.81. The van der Waals surface area contributed by atoms with Gasteiger partial charge in [-0.1, -0.05) is 34.1 Å². The highest BCUT2D eigenvalue weighted by molar-refractivity contribution is 5.69. The maximum atomic E-state index is 9.93. The molecule has 0 aliphatic heterocycles. The monoisotopic (exact) mass is 146 g/mol. The van der Waals surface area contributed by atoms with Crippen LogP contribution in [0.3, 0.4) is 0 Å². The third kappa shape index (κ3) is 10.5. The van der Waals surface area contributed by atoms with E-state index in [1.807, 2.05) is 6.92 Å². The molecular weight excluding hydrogens is 128 g/mol. The van der Waals surface area contributed by atoms with Gasteiger partial charge in [-0.2, -0.15) is 0 Å². The first-order valence-electron chi connectivity index (χ1n) is 3.82. The molecule has 2 nitrogen and oxygen atoms in total. The molecular formula is C8H18O2. The first kappa shape index (κ1) is 12.2. The molecule has 1 N–H and O–H groups in total. The van der Waals surface area contributed by atoms with Crippen LogP contribution in [0.5, 0.6) is 0 Å². The van der Waals surface area contributed by atoms with E-state index in [2.05, 4.69) is 13.8 Å². The van der Waals surface area contributed by atoms with Crippen LogP contribution < -0.4 is 0 Å². The van der Waals surface area contributed by atoms with E-state index in [1.165, 1.54) is 6.42 Å². The Bertz CT molecular complexity index is 79.3. The first-order chi connectivity index (χ1) is 4.59. The Kier molecular flexibility index (Phi) is 10.3. The standard InChI is InChI=1S/C5H10O2.C3H8/c1-3-4(2)5(6)7;1-3-2/h4H,3H2,1-2H3,(H,6,7);3H2,1-2H3. The molecule has 0 radical (unpaired) electrons. The zero-order valence-corrected chi connectivity index (χ0v) is 7.35. The van der Waals surface area contributed by atoms with Crippen LogP contribution in [0.2, 0.25) is 0 Å². The van der Waals surface area contributed by atoms with Crippen LogP contribution in [0.15, 0.2) is 0 Å². The minimum Gasteiger partial charge on any atom is -0.481 e. The third-order valence-electron chi connectivity index (χ3n) is 1.03. The second-order valence-electron chi connectivity index (χ2n) is 2.35. The maximum Gasteiger partial charge on any atom is 0.306 e. The molecule has 0 bridgehead atoms. The fourth-order valence-electron chi connectivity index (χ4n) is 0.175. The Hall–Kier alpha value is -0.530. The third-order valence-corrected chi connectivity index (χ3v) is 1.03. The number of carboxylic acids is 1. The van der Waals surface area contributed by atoms with Gasteiger partial charge in [0.05, 0.1) is 5.92 Å². The molecule has 1 unspecified atom stereocenters. The van der Waals surface area contributed by atoms with Gasteiger partial charge in [-0.05, 0) is 6.42 Å². The lowest BCUT2D eigenvalue weighted by Crippen LogP contribution is -2.06. The molecule has 0 saturated carbocycles. The summed E-state index contributed by atoms with van der Waals surface area (Å²) in [4.78, 5) is 9.93. The molecule has 0 rings (SSSR count). The van der Waals surface area contributed by atoms with Gasteiger partial charge in [-0.25, -0.2) is 0 Å². The van der Waals surface area contributed by atoms with Crippen LogP contribution in [-0.2, 0) is 4.79 Å². The Morgan fingerprint density at radius 1 is 1.40 bits per heavy atom. The topological polar surface area (TPSA) is 37.3 Å². The van der Waals surface area contributed by atoms with E-state index in [0.29, 0.717) is 0 Å². The Morgan fingerprint density at radius 3 is 1.70 bits per heavy atom. The van der Waals surface area contributed by atoms with Gasteiger partial charge in [0.25, 0.3) is 0 Å². The van der Waals surface area contributed by atoms with Gasteiger partial charge in [0.2, 0.25) is 0 Å². The van der Waals surface area contributed by atoms with Crippen molar-refractivity contribution in [2.75, 3.05) is 0 Å². The maximum absolute atomic E-state index is 9.93. The van der Waals surface area contributed by atoms with Crippen molar-refractivity contribution in [1.29, 1.82) is 0 Å². The summed E-state index contributed by atoms with van der Waals surface area (Å²) in [7, 11) is 0. The molecule has 0 aromatic carbocycles. The van der Waals surface area contributed by atoms with Crippen LogP contribution in [0.25, 0.3) is 0 Å². The van der Waals surface area contributed by atoms with Gasteiger partial charge in [-0.15, -0.1) is 0 Å². The molecule has 0 heterocycles. The van der Waals surface area contributed by atoms with Gasteiger partial charge in [0.15, 0.2) is 0 Å². The van der Waals surface area contributed by atoms with E-state index in [4.69, 9.17) is 5.11 Å². The number of carboxylic acid groups (broad SMARTS) is 1. The Balaban J connectivity index is 0. The van der Waals surface area contributed by atoms with Crippen LogP contribution >= 0.6 is 0 Å². The molecule has 10 heavy (non-hydrogen) atoms. The zero-order chi connectivity index (χ0) is 8.57. The summed E-state index contributed by atoms with van der Waals surface area (Å²) in [6.07, 6.45) is 1.97. The lowest BCUT2D eigenvalue weighted by Gasteiger charge is -1.96. The van der Waals surface area contributed by atoms with Crippen molar-refractivity contribution < 1.29 is 9.90 Å². The van der Waals surface area contributed by atoms with Gasteiger partial charge < -0.3 is 5.11 Å². The highest BCUT2D eigenvalue weighted by Gasteiger charge is 2.05. The predicted molar refractivity (Wildman–Crippen MR) is 43.1 cm³/mol. The van der Waals surface area contributed by atoms with Crippen LogP contribution in [-0.4, -0.2) is 11.1 Å². The molecule has 0 aliphatic carbocycles. The fourth-order valence-corrected chi connectivity index (χ4v) is 0.175. The number of rotatable bonds is 2. The first-order valence-corrected chi connectivity index (χ1v) is 3.82. The van der Waals surface area contributed by atoms with Crippen molar-refractivity contribution in [1.82, 2.24) is 0 Å². The van der Waals surface area contributed by atoms with Crippen LogP contribution in [0.4, 0.5) is 0 Å². The largest absolute Gasteiger partial charge is 0.481 e. The van der Waals surface area contributed by atoms with E-state index in [-0.39, 0.29) is 5.92 Å². The molecule has 0 aromatic rings. The molecule has 0 amide bonds. The smallest absolute Gasteiger partial charge is 0.306 e. The SMILES string of the molecule is CCC.CCC(C)C(=O)O. The second kappa shape index (κ2) is 8.47. The van der Waals surface area contributed by atoms with Crippen molar-refractivity contribution in [2.24, 2.45) is 5.92 Å². The minimum atomic E-state index is -0.706. The summed E-state index contributed by atoms with van der Waals surface area (Å²) in [5.41, 5.74) is 0. The number of hydrogen-bond donors (Lipinski definition) is 1. The average molecular weight is 146 g/mol. The summed E-state index contributed by atoms with van der Waals surface area (Å²) < 4.78 is 0. The second-order valence-corrected chi connectivity index (χ2v) is 2.35. The van der Waals surface area contributed by atoms with Gasteiger partial charge >= 0.3 is 5.97 Å². The summed E-state index contributed by atoms with van der Waals surface area (Å²) >= 11 is 0. The molecule has 0 aliphatic rings. The minimum absolute atomic E-state index is 0.181. The van der Waals surface area contributed by atoms with E-state index in [0.717, 1.165) is 6.42 Å². The number of hydrogen-bond acceptors (Lipinski definition) is 1. The van der Waals surface area contributed by atoms with Crippen LogP contribution in [0, 0.1) is 5.92 Å². The summed E-state index contributed by atoms with van der Waals surface area (Å²) in [6, 6.07) is 0. The van der Waals surface area contributed by atoms with Gasteiger partial charge in [0, 0.05) is 0 Å². The van der Waals surface area contributed by atoms with Crippen molar-refractivity contribution in [2.45, 2.75) is 40.5 Å². The number of aliphatic carboxylic acids is 1. The van der Waals surface area contributed by atoms with E-state index in [1.54, 1.807) is 6.92 Å². The molecule has 1 atom stereocenters. The lowest BCUT2D eigenvalue weighted by atomic mass is 10.1. The summed E-state index contributed by atoms with van der Waals surface area (Å²) in [5, 5.41) is 8.18. The Labute approximate surface area is 63.3 Å². The van der Waals surface area contributed by atoms with Gasteiger partial charge in [-0.3, -0.25) is 4.79 Å². The molecule has 0 fully saturated rings. The van der Waals surface area contributed by atoms with E-state index >= 15 is 0 Å². The van der Waals surface area contributed by atoms with Crippen molar-refractivity contribution in [3.63, 3.8) is 0 Å². The highest BCUT2D eigenvalue weighted by Crippen LogP contribution is 1.97. The van der Waals surface area contributed by atoms with Gasteiger partial charge in [0.1, 0.15) is 0 Å².